The van der Waals surface area contributed by atoms with Gasteiger partial charge in [-0.15, -0.1) is 0 Å². The van der Waals surface area contributed by atoms with Crippen molar-refractivity contribution < 1.29 is 4.79 Å². The molecule has 0 amide bonds. The average Bonchev–Trinajstić information content (AvgIpc) is 2.23. The van der Waals surface area contributed by atoms with Crippen LogP contribution in [-0.2, 0) is 4.79 Å². The maximum atomic E-state index is 11.6. The number of ketones is 1. The van der Waals surface area contributed by atoms with Crippen molar-refractivity contribution in [3.05, 3.63) is 0 Å². The van der Waals surface area contributed by atoms with E-state index in [-0.39, 0.29) is 0 Å². The van der Waals surface area contributed by atoms with Gasteiger partial charge >= 0.3 is 0 Å². The summed E-state index contributed by atoms with van der Waals surface area (Å²) in [6.45, 7) is 4.75. The van der Waals surface area contributed by atoms with Crippen LogP contribution in [0.3, 0.4) is 0 Å². The predicted octanol–water partition coefficient (Wildman–Crippen LogP) is 3.96. The third-order valence-corrected chi connectivity index (χ3v) is 4.72. The summed E-state index contributed by atoms with van der Waals surface area (Å²) in [7, 11) is 0. The van der Waals surface area contributed by atoms with Crippen molar-refractivity contribution in [3.8, 4) is 0 Å². The van der Waals surface area contributed by atoms with Crippen molar-refractivity contribution in [1.29, 1.82) is 0 Å². The molecule has 0 heterocycles. The highest BCUT2D eigenvalue weighted by molar-refractivity contribution is 5.79. The molecule has 0 aromatic heterocycles. The Hall–Kier alpha value is -0.330. The Kier molecular flexibility index (Phi) is 3.18. The van der Waals surface area contributed by atoms with Crippen molar-refractivity contribution in [3.63, 3.8) is 0 Å². The molecule has 0 aromatic rings. The second-order valence-electron chi connectivity index (χ2n) is 6.24. The van der Waals surface area contributed by atoms with Crippen LogP contribution in [0.4, 0.5) is 0 Å². The first-order valence-corrected chi connectivity index (χ1v) is 6.61. The second-order valence-corrected chi connectivity index (χ2v) is 6.24. The molecule has 0 saturated heterocycles. The molecule has 1 atom stereocenters. The number of Topliss-reactive ketones (excluding diaryl/α,β-unsaturated/α-hetero) is 1. The summed E-state index contributed by atoms with van der Waals surface area (Å²) in [5.74, 6) is 2.04. The zero-order chi connectivity index (χ0) is 10.9. The number of hydrogen-bond acceptors (Lipinski definition) is 1. The summed E-state index contributed by atoms with van der Waals surface area (Å²) in [6, 6.07) is 0. The average molecular weight is 208 g/mol. The minimum Gasteiger partial charge on any atom is -0.300 e. The van der Waals surface area contributed by atoms with E-state index in [0.29, 0.717) is 17.1 Å². The lowest BCUT2D eigenvalue weighted by molar-refractivity contribution is -0.126. The van der Waals surface area contributed by atoms with E-state index >= 15 is 0 Å². The van der Waals surface area contributed by atoms with E-state index < -0.39 is 0 Å². The van der Waals surface area contributed by atoms with Crippen LogP contribution in [-0.4, -0.2) is 5.78 Å². The highest BCUT2D eigenvalue weighted by Gasteiger charge is 2.40. The van der Waals surface area contributed by atoms with Crippen molar-refractivity contribution >= 4 is 5.78 Å². The summed E-state index contributed by atoms with van der Waals surface area (Å²) in [5.41, 5.74) is 0.413. The minimum atomic E-state index is 0.413. The minimum absolute atomic E-state index is 0.413. The molecule has 0 aromatic carbocycles. The lowest BCUT2D eigenvalue weighted by Crippen LogP contribution is -2.37. The van der Waals surface area contributed by atoms with Crippen LogP contribution in [0.25, 0.3) is 0 Å². The molecule has 2 fully saturated rings. The third-order valence-electron chi connectivity index (χ3n) is 4.72. The third kappa shape index (κ3) is 2.43. The van der Waals surface area contributed by atoms with Crippen molar-refractivity contribution in [1.82, 2.24) is 0 Å². The van der Waals surface area contributed by atoms with E-state index in [9.17, 15) is 4.79 Å². The quantitative estimate of drug-likeness (QED) is 0.637. The molecule has 2 rings (SSSR count). The first-order valence-electron chi connectivity index (χ1n) is 6.61. The van der Waals surface area contributed by atoms with Gasteiger partial charge in [-0.2, -0.15) is 0 Å². The van der Waals surface area contributed by atoms with Gasteiger partial charge in [-0.1, -0.05) is 46.0 Å². The van der Waals surface area contributed by atoms with Crippen LogP contribution >= 0.6 is 0 Å². The van der Waals surface area contributed by atoms with Crippen LogP contribution in [0.2, 0.25) is 0 Å². The number of carbonyl (C=O) groups is 1. The van der Waals surface area contributed by atoms with E-state index in [4.69, 9.17) is 0 Å². The molecule has 86 valence electrons. The molecule has 0 N–H and O–H groups in total. The predicted molar refractivity (Wildman–Crippen MR) is 62.7 cm³/mol. The van der Waals surface area contributed by atoms with Crippen molar-refractivity contribution in [2.75, 3.05) is 0 Å². The summed E-state index contributed by atoms with van der Waals surface area (Å²) in [6.07, 6.45) is 9.78. The molecule has 1 nitrogen and oxygen atoms in total. The van der Waals surface area contributed by atoms with Crippen LogP contribution < -0.4 is 0 Å². The fourth-order valence-corrected chi connectivity index (χ4v) is 3.61. The van der Waals surface area contributed by atoms with Gasteiger partial charge in [0.05, 0.1) is 0 Å². The fourth-order valence-electron chi connectivity index (χ4n) is 3.61. The molecule has 2 aliphatic rings. The monoisotopic (exact) mass is 208 g/mol. The molecule has 0 radical (unpaired) electrons. The molecule has 1 heteroatoms. The Labute approximate surface area is 93.6 Å². The number of hydrogen-bond donors (Lipinski definition) is 0. The normalized spacial score (nSPS) is 32.9. The topological polar surface area (TPSA) is 17.1 Å². The molecule has 0 bridgehead atoms. The molecular weight excluding hydrogens is 184 g/mol. The molecule has 15 heavy (non-hydrogen) atoms. The van der Waals surface area contributed by atoms with Gasteiger partial charge in [0.1, 0.15) is 5.78 Å². The van der Waals surface area contributed by atoms with Gasteiger partial charge in [-0.05, 0) is 23.7 Å². The first-order chi connectivity index (χ1) is 7.09. The summed E-state index contributed by atoms with van der Waals surface area (Å²) in [4.78, 5) is 11.6. The maximum Gasteiger partial charge on any atom is 0.133 e. The van der Waals surface area contributed by atoms with Gasteiger partial charge in [0.2, 0.25) is 0 Å². The molecule has 2 aliphatic carbocycles. The van der Waals surface area contributed by atoms with Crippen LogP contribution in [0.1, 0.15) is 65.2 Å². The lowest BCUT2D eigenvalue weighted by atomic mass is 9.61. The Morgan fingerprint density at radius 1 is 1.13 bits per heavy atom. The molecular formula is C14H24O. The largest absolute Gasteiger partial charge is 0.300 e. The van der Waals surface area contributed by atoms with Gasteiger partial charge in [0.15, 0.2) is 0 Å². The smallest absolute Gasteiger partial charge is 0.133 e. The fraction of sp³-hybridized carbons (Fsp3) is 0.929. The highest BCUT2D eigenvalue weighted by atomic mass is 16.1. The Morgan fingerprint density at radius 3 is 2.47 bits per heavy atom. The second kappa shape index (κ2) is 4.27. The molecule has 0 aliphatic heterocycles. The van der Waals surface area contributed by atoms with E-state index in [1.165, 1.54) is 32.1 Å². The Morgan fingerprint density at radius 2 is 1.80 bits per heavy atom. The highest BCUT2D eigenvalue weighted by Crippen LogP contribution is 2.47. The van der Waals surface area contributed by atoms with Crippen LogP contribution in [0.5, 0.6) is 0 Å². The van der Waals surface area contributed by atoms with E-state index in [1.807, 2.05) is 0 Å². The zero-order valence-corrected chi connectivity index (χ0v) is 10.2. The summed E-state index contributed by atoms with van der Waals surface area (Å²) in [5, 5.41) is 0. The van der Waals surface area contributed by atoms with Crippen molar-refractivity contribution in [2.24, 2.45) is 17.3 Å². The molecule has 0 spiro atoms. The first kappa shape index (κ1) is 11.2. The molecule has 1 unspecified atom stereocenters. The van der Waals surface area contributed by atoms with E-state index in [2.05, 4.69) is 13.8 Å². The van der Waals surface area contributed by atoms with E-state index in [0.717, 1.165) is 25.2 Å². The SMILES string of the molecule is CC1(C)CCC(=O)CC1C1CCCCC1. The number of carbonyl (C=O) groups excluding carboxylic acids is 1. The van der Waals surface area contributed by atoms with Gasteiger partial charge in [0.25, 0.3) is 0 Å². The van der Waals surface area contributed by atoms with Gasteiger partial charge in [-0.25, -0.2) is 0 Å². The summed E-state index contributed by atoms with van der Waals surface area (Å²) < 4.78 is 0. The van der Waals surface area contributed by atoms with Crippen molar-refractivity contribution in [2.45, 2.75) is 65.2 Å². The lowest BCUT2D eigenvalue weighted by Gasteiger charge is -2.44. The summed E-state index contributed by atoms with van der Waals surface area (Å²) >= 11 is 0. The van der Waals surface area contributed by atoms with Gasteiger partial charge < -0.3 is 0 Å². The van der Waals surface area contributed by atoms with Crippen LogP contribution in [0, 0.1) is 17.3 Å². The maximum absolute atomic E-state index is 11.6. The Balaban J connectivity index is 2.06. The molecule has 2 saturated carbocycles. The van der Waals surface area contributed by atoms with E-state index in [1.54, 1.807) is 0 Å². The zero-order valence-electron chi connectivity index (χ0n) is 10.2. The Bertz CT molecular complexity index is 236. The standard InChI is InChI=1S/C14H24O/c1-14(2)9-8-12(15)10-13(14)11-6-4-3-5-7-11/h11,13H,3-10H2,1-2H3. The van der Waals surface area contributed by atoms with Gasteiger partial charge in [0, 0.05) is 12.8 Å². The van der Waals surface area contributed by atoms with Crippen LogP contribution in [0.15, 0.2) is 0 Å². The number of rotatable bonds is 1. The van der Waals surface area contributed by atoms with Gasteiger partial charge in [-0.3, -0.25) is 4.79 Å².